The molecule has 1 atom stereocenters. The Balaban J connectivity index is 3.86. The van der Waals surface area contributed by atoms with Crippen molar-refractivity contribution >= 4 is 5.96 Å². The van der Waals surface area contributed by atoms with Crippen LogP contribution in [0.2, 0.25) is 0 Å². The van der Waals surface area contributed by atoms with Crippen molar-refractivity contribution in [3.8, 4) is 0 Å². The second-order valence-electron chi connectivity index (χ2n) is 4.49. The zero-order valence-electron chi connectivity index (χ0n) is 12.0. The number of rotatable bonds is 8. The number of hydrogen-bond acceptors (Lipinski definition) is 2. The predicted molar refractivity (Wildman–Crippen MR) is 74.6 cm³/mol. The zero-order chi connectivity index (χ0) is 13.1. The van der Waals surface area contributed by atoms with Gasteiger partial charge in [-0.1, -0.05) is 6.92 Å². The fourth-order valence-corrected chi connectivity index (χ4v) is 1.23. The average Bonchev–Trinajstić information content (AvgIpc) is 2.28. The summed E-state index contributed by atoms with van der Waals surface area (Å²) in [7, 11) is 0. The molecule has 0 aromatic rings. The Morgan fingerprint density at radius 1 is 1.24 bits per heavy atom. The van der Waals surface area contributed by atoms with E-state index in [0.717, 1.165) is 38.5 Å². The van der Waals surface area contributed by atoms with Crippen LogP contribution in [0.4, 0.5) is 0 Å². The molecule has 1 unspecified atom stereocenters. The van der Waals surface area contributed by atoms with Crippen molar-refractivity contribution in [2.45, 2.75) is 59.6 Å². The Kier molecular flexibility index (Phi) is 9.92. The standard InChI is InChI=1S/C13H29N3O/c1-6-12(5)16-13(14-7-2)15-9-8-10-17-11(3)4/h11-12H,6-10H2,1-5H3,(H2,14,15,16). The number of guanidine groups is 1. The molecule has 0 fully saturated rings. The molecule has 0 aliphatic carbocycles. The van der Waals surface area contributed by atoms with Gasteiger partial charge in [0.25, 0.3) is 0 Å². The fourth-order valence-electron chi connectivity index (χ4n) is 1.23. The van der Waals surface area contributed by atoms with Gasteiger partial charge in [-0.2, -0.15) is 0 Å². The minimum absolute atomic E-state index is 0.311. The third-order valence-electron chi connectivity index (χ3n) is 2.36. The van der Waals surface area contributed by atoms with E-state index in [2.05, 4.69) is 50.2 Å². The first kappa shape index (κ1) is 16.2. The minimum atomic E-state index is 0.311. The topological polar surface area (TPSA) is 45.7 Å². The molecule has 0 saturated heterocycles. The first-order valence-corrected chi connectivity index (χ1v) is 6.76. The molecule has 0 saturated carbocycles. The van der Waals surface area contributed by atoms with Crippen LogP contribution in [0.1, 0.15) is 47.5 Å². The van der Waals surface area contributed by atoms with Crippen molar-refractivity contribution in [3.05, 3.63) is 0 Å². The Hall–Kier alpha value is -0.770. The second kappa shape index (κ2) is 10.4. The number of ether oxygens (including phenoxy) is 1. The van der Waals surface area contributed by atoms with Crippen molar-refractivity contribution in [2.24, 2.45) is 4.99 Å². The Labute approximate surface area is 106 Å². The van der Waals surface area contributed by atoms with Crippen LogP contribution in [0.15, 0.2) is 4.99 Å². The van der Waals surface area contributed by atoms with E-state index in [-0.39, 0.29) is 0 Å². The third kappa shape index (κ3) is 10.1. The van der Waals surface area contributed by atoms with E-state index >= 15 is 0 Å². The monoisotopic (exact) mass is 243 g/mol. The van der Waals surface area contributed by atoms with Crippen LogP contribution in [0, 0.1) is 0 Å². The minimum Gasteiger partial charge on any atom is -0.379 e. The molecule has 17 heavy (non-hydrogen) atoms. The quantitative estimate of drug-likeness (QED) is 0.390. The molecule has 0 heterocycles. The van der Waals surface area contributed by atoms with Crippen molar-refractivity contribution in [2.75, 3.05) is 19.7 Å². The molecular weight excluding hydrogens is 214 g/mol. The summed E-state index contributed by atoms with van der Waals surface area (Å²) in [5, 5.41) is 6.61. The lowest BCUT2D eigenvalue weighted by Gasteiger charge is -2.16. The van der Waals surface area contributed by atoms with E-state index < -0.39 is 0 Å². The number of nitrogens with zero attached hydrogens (tertiary/aromatic N) is 1. The van der Waals surface area contributed by atoms with Gasteiger partial charge >= 0.3 is 0 Å². The molecule has 0 rings (SSSR count). The Bertz CT molecular complexity index is 205. The van der Waals surface area contributed by atoms with Crippen LogP contribution in [-0.4, -0.2) is 37.8 Å². The summed E-state index contributed by atoms with van der Waals surface area (Å²) in [6.45, 7) is 13.0. The maximum atomic E-state index is 5.48. The Morgan fingerprint density at radius 2 is 1.94 bits per heavy atom. The highest BCUT2D eigenvalue weighted by Crippen LogP contribution is 1.92. The van der Waals surface area contributed by atoms with Gasteiger partial charge in [0.1, 0.15) is 0 Å². The molecule has 0 amide bonds. The highest BCUT2D eigenvalue weighted by Gasteiger charge is 2.01. The average molecular weight is 243 g/mol. The number of aliphatic imine (C=N–C) groups is 1. The van der Waals surface area contributed by atoms with Crippen LogP contribution < -0.4 is 10.6 Å². The first-order chi connectivity index (χ1) is 8.10. The molecule has 4 nitrogen and oxygen atoms in total. The van der Waals surface area contributed by atoms with Gasteiger partial charge in [-0.05, 0) is 40.5 Å². The molecule has 0 aliphatic rings. The highest BCUT2D eigenvalue weighted by molar-refractivity contribution is 5.79. The fraction of sp³-hybridized carbons (Fsp3) is 0.923. The van der Waals surface area contributed by atoms with E-state index in [9.17, 15) is 0 Å². The van der Waals surface area contributed by atoms with E-state index in [4.69, 9.17) is 4.74 Å². The van der Waals surface area contributed by atoms with E-state index in [0.29, 0.717) is 12.1 Å². The molecule has 0 aromatic heterocycles. The zero-order valence-corrected chi connectivity index (χ0v) is 12.0. The van der Waals surface area contributed by atoms with Gasteiger partial charge in [0, 0.05) is 25.7 Å². The summed E-state index contributed by atoms with van der Waals surface area (Å²) in [6.07, 6.45) is 2.38. The normalized spacial score (nSPS) is 13.9. The molecule has 102 valence electrons. The van der Waals surface area contributed by atoms with E-state index in [1.807, 2.05) is 0 Å². The first-order valence-electron chi connectivity index (χ1n) is 6.76. The summed E-state index contributed by atoms with van der Waals surface area (Å²) < 4.78 is 5.48. The van der Waals surface area contributed by atoms with Gasteiger partial charge in [0.2, 0.25) is 0 Å². The molecular formula is C13H29N3O. The van der Waals surface area contributed by atoms with Crippen LogP contribution in [0.5, 0.6) is 0 Å². The van der Waals surface area contributed by atoms with Crippen LogP contribution >= 0.6 is 0 Å². The van der Waals surface area contributed by atoms with Gasteiger partial charge in [0.05, 0.1) is 6.10 Å². The van der Waals surface area contributed by atoms with Crippen LogP contribution in [0.3, 0.4) is 0 Å². The summed E-state index contributed by atoms with van der Waals surface area (Å²) in [4.78, 5) is 4.51. The van der Waals surface area contributed by atoms with E-state index in [1.165, 1.54) is 0 Å². The van der Waals surface area contributed by atoms with Crippen molar-refractivity contribution in [1.29, 1.82) is 0 Å². The summed E-state index contributed by atoms with van der Waals surface area (Å²) in [6, 6.07) is 0.458. The SMILES string of the molecule is CCNC(=NCCCOC(C)C)NC(C)CC. The van der Waals surface area contributed by atoms with Gasteiger partial charge < -0.3 is 15.4 Å². The summed E-state index contributed by atoms with van der Waals surface area (Å²) in [5.41, 5.74) is 0. The number of nitrogens with one attached hydrogen (secondary N) is 2. The van der Waals surface area contributed by atoms with Gasteiger partial charge in [0.15, 0.2) is 5.96 Å². The van der Waals surface area contributed by atoms with E-state index in [1.54, 1.807) is 0 Å². The van der Waals surface area contributed by atoms with Crippen molar-refractivity contribution < 1.29 is 4.74 Å². The van der Waals surface area contributed by atoms with Gasteiger partial charge in [-0.25, -0.2) is 0 Å². The maximum absolute atomic E-state index is 5.48. The molecule has 0 bridgehead atoms. The third-order valence-corrected chi connectivity index (χ3v) is 2.36. The highest BCUT2D eigenvalue weighted by atomic mass is 16.5. The lowest BCUT2D eigenvalue weighted by atomic mass is 10.3. The largest absolute Gasteiger partial charge is 0.379 e. The van der Waals surface area contributed by atoms with Crippen molar-refractivity contribution in [1.82, 2.24) is 10.6 Å². The van der Waals surface area contributed by atoms with Gasteiger partial charge in [-0.15, -0.1) is 0 Å². The molecule has 0 aliphatic heterocycles. The number of hydrogen-bond donors (Lipinski definition) is 2. The maximum Gasteiger partial charge on any atom is 0.191 e. The molecule has 0 aromatic carbocycles. The second-order valence-corrected chi connectivity index (χ2v) is 4.49. The van der Waals surface area contributed by atoms with Crippen LogP contribution in [0.25, 0.3) is 0 Å². The predicted octanol–water partition coefficient (Wildman–Crippen LogP) is 2.16. The lowest BCUT2D eigenvalue weighted by molar-refractivity contribution is 0.0782. The molecule has 0 spiro atoms. The molecule has 0 radical (unpaired) electrons. The smallest absolute Gasteiger partial charge is 0.191 e. The van der Waals surface area contributed by atoms with Gasteiger partial charge in [-0.3, -0.25) is 4.99 Å². The molecule has 2 N–H and O–H groups in total. The Morgan fingerprint density at radius 3 is 2.47 bits per heavy atom. The summed E-state index contributed by atoms with van der Waals surface area (Å²) >= 11 is 0. The lowest BCUT2D eigenvalue weighted by Crippen LogP contribution is -2.42. The van der Waals surface area contributed by atoms with Crippen LogP contribution in [-0.2, 0) is 4.74 Å². The molecule has 4 heteroatoms. The summed E-state index contributed by atoms with van der Waals surface area (Å²) in [5.74, 6) is 0.909. The van der Waals surface area contributed by atoms with Crippen molar-refractivity contribution in [3.63, 3.8) is 0 Å².